The summed E-state index contributed by atoms with van der Waals surface area (Å²) in [5, 5.41) is 4.43. The summed E-state index contributed by atoms with van der Waals surface area (Å²) in [7, 11) is 0. The van der Waals surface area contributed by atoms with Crippen LogP contribution >= 0.6 is 0 Å². The van der Waals surface area contributed by atoms with Gasteiger partial charge < -0.3 is 11.5 Å². The lowest BCUT2D eigenvalue weighted by molar-refractivity contribution is 0.100. The third-order valence-electron chi connectivity index (χ3n) is 2.77. The van der Waals surface area contributed by atoms with Crippen LogP contribution in [0.25, 0.3) is 5.69 Å². The summed E-state index contributed by atoms with van der Waals surface area (Å²) >= 11 is 0. The summed E-state index contributed by atoms with van der Waals surface area (Å²) in [4.78, 5) is 11.2. The highest BCUT2D eigenvalue weighted by Gasteiger charge is 2.09. The zero-order chi connectivity index (χ0) is 13.3. The van der Waals surface area contributed by atoms with Crippen LogP contribution in [0.15, 0.2) is 30.5 Å². The molecule has 5 heteroatoms. The van der Waals surface area contributed by atoms with Crippen molar-refractivity contribution in [1.29, 1.82) is 0 Å². The molecule has 1 amide bonds. The molecule has 1 aromatic heterocycles. The van der Waals surface area contributed by atoms with E-state index in [1.165, 1.54) is 0 Å². The van der Waals surface area contributed by atoms with Crippen molar-refractivity contribution >= 4 is 11.6 Å². The molecule has 5 nitrogen and oxygen atoms in total. The maximum atomic E-state index is 11.2. The minimum Gasteiger partial charge on any atom is -0.398 e. The zero-order valence-electron chi connectivity index (χ0n) is 10.4. The first-order valence-electron chi connectivity index (χ1n) is 5.74. The summed E-state index contributed by atoms with van der Waals surface area (Å²) in [6.45, 7) is 4.15. The molecule has 4 N–H and O–H groups in total. The fourth-order valence-electron chi connectivity index (χ4n) is 1.69. The first kappa shape index (κ1) is 12.2. The van der Waals surface area contributed by atoms with Crippen LogP contribution < -0.4 is 11.5 Å². The van der Waals surface area contributed by atoms with E-state index in [-0.39, 0.29) is 0 Å². The molecule has 2 aromatic rings. The number of rotatable bonds is 3. The molecule has 0 bridgehead atoms. The average Bonchev–Trinajstić information content (AvgIpc) is 2.78. The van der Waals surface area contributed by atoms with Gasteiger partial charge in [0.1, 0.15) is 0 Å². The Morgan fingerprint density at radius 2 is 2.06 bits per heavy atom. The van der Waals surface area contributed by atoms with E-state index in [0.29, 0.717) is 17.2 Å². The lowest BCUT2D eigenvalue weighted by Crippen LogP contribution is -2.14. The number of anilines is 1. The van der Waals surface area contributed by atoms with Gasteiger partial charge in [0.15, 0.2) is 0 Å². The van der Waals surface area contributed by atoms with Crippen LogP contribution in [0.1, 0.15) is 35.8 Å². The second kappa shape index (κ2) is 4.52. The fraction of sp³-hybridized carbons (Fsp3) is 0.231. The second-order valence-electron chi connectivity index (χ2n) is 4.48. The molecule has 1 aromatic carbocycles. The number of benzene rings is 1. The van der Waals surface area contributed by atoms with Crippen molar-refractivity contribution < 1.29 is 4.79 Å². The SMILES string of the molecule is CC(C)c1ccn(-c2ccc(N)c(C(N)=O)c2)n1. The Hall–Kier alpha value is -2.30. The number of nitrogens with two attached hydrogens (primary N) is 2. The van der Waals surface area contributed by atoms with Gasteiger partial charge in [-0.25, -0.2) is 4.68 Å². The molecule has 0 aliphatic rings. The van der Waals surface area contributed by atoms with Crippen LogP contribution in [0.5, 0.6) is 0 Å². The van der Waals surface area contributed by atoms with Crippen LogP contribution in [0.2, 0.25) is 0 Å². The molecule has 18 heavy (non-hydrogen) atoms. The second-order valence-corrected chi connectivity index (χ2v) is 4.48. The Labute approximate surface area is 105 Å². The van der Waals surface area contributed by atoms with Gasteiger partial charge in [-0.1, -0.05) is 13.8 Å². The van der Waals surface area contributed by atoms with Crippen LogP contribution in [0.4, 0.5) is 5.69 Å². The van der Waals surface area contributed by atoms with E-state index in [9.17, 15) is 4.79 Å². The largest absolute Gasteiger partial charge is 0.398 e. The Morgan fingerprint density at radius 1 is 1.33 bits per heavy atom. The summed E-state index contributed by atoms with van der Waals surface area (Å²) in [5.41, 5.74) is 13.4. The molecular weight excluding hydrogens is 228 g/mol. The van der Waals surface area contributed by atoms with Crippen LogP contribution in [-0.2, 0) is 0 Å². The first-order valence-corrected chi connectivity index (χ1v) is 5.74. The molecule has 0 unspecified atom stereocenters. The Balaban J connectivity index is 2.44. The van der Waals surface area contributed by atoms with Gasteiger partial charge >= 0.3 is 0 Å². The molecule has 0 saturated carbocycles. The van der Waals surface area contributed by atoms with E-state index >= 15 is 0 Å². The normalized spacial score (nSPS) is 10.8. The van der Waals surface area contributed by atoms with Gasteiger partial charge in [-0.3, -0.25) is 4.79 Å². The van der Waals surface area contributed by atoms with Crippen molar-refractivity contribution in [3.8, 4) is 5.69 Å². The molecule has 0 fully saturated rings. The van der Waals surface area contributed by atoms with Crippen molar-refractivity contribution in [2.45, 2.75) is 19.8 Å². The van der Waals surface area contributed by atoms with Gasteiger partial charge in [-0.15, -0.1) is 0 Å². The third-order valence-corrected chi connectivity index (χ3v) is 2.77. The Morgan fingerprint density at radius 3 is 2.61 bits per heavy atom. The van der Waals surface area contributed by atoms with Crippen LogP contribution in [0, 0.1) is 0 Å². The molecule has 0 radical (unpaired) electrons. The summed E-state index contributed by atoms with van der Waals surface area (Å²) < 4.78 is 1.71. The van der Waals surface area contributed by atoms with Gasteiger partial charge in [0.25, 0.3) is 5.91 Å². The number of hydrogen-bond donors (Lipinski definition) is 2. The van der Waals surface area contributed by atoms with E-state index in [0.717, 1.165) is 11.4 Å². The van der Waals surface area contributed by atoms with Gasteiger partial charge in [-0.05, 0) is 30.2 Å². The number of amides is 1. The van der Waals surface area contributed by atoms with Crippen LogP contribution in [0.3, 0.4) is 0 Å². The highest BCUT2D eigenvalue weighted by Crippen LogP contribution is 2.18. The van der Waals surface area contributed by atoms with Crippen molar-refractivity contribution in [2.24, 2.45) is 5.73 Å². The Bertz CT molecular complexity index is 586. The molecule has 0 spiro atoms. The molecule has 0 aliphatic carbocycles. The number of carbonyl (C=O) groups excluding carboxylic acids is 1. The van der Waals surface area contributed by atoms with E-state index < -0.39 is 5.91 Å². The highest BCUT2D eigenvalue weighted by molar-refractivity contribution is 5.98. The molecule has 0 atom stereocenters. The number of nitrogen functional groups attached to an aromatic ring is 1. The van der Waals surface area contributed by atoms with Gasteiger partial charge in [-0.2, -0.15) is 5.10 Å². The average molecular weight is 244 g/mol. The van der Waals surface area contributed by atoms with E-state index in [2.05, 4.69) is 18.9 Å². The molecule has 2 rings (SSSR count). The van der Waals surface area contributed by atoms with Crippen molar-refractivity contribution in [3.05, 3.63) is 41.7 Å². The van der Waals surface area contributed by atoms with Crippen LogP contribution in [-0.4, -0.2) is 15.7 Å². The van der Waals surface area contributed by atoms with Gasteiger partial charge in [0.05, 0.1) is 16.9 Å². The minimum atomic E-state index is -0.536. The van der Waals surface area contributed by atoms with Crippen molar-refractivity contribution in [1.82, 2.24) is 9.78 Å². The number of primary amides is 1. The lowest BCUT2D eigenvalue weighted by atomic mass is 10.1. The summed E-state index contributed by atoms with van der Waals surface area (Å²) in [5.74, 6) is -0.179. The standard InChI is InChI=1S/C13H16N4O/c1-8(2)12-5-6-17(16-12)9-3-4-11(14)10(7-9)13(15)18/h3-8H,14H2,1-2H3,(H2,15,18). The zero-order valence-corrected chi connectivity index (χ0v) is 10.4. The topological polar surface area (TPSA) is 86.9 Å². The smallest absolute Gasteiger partial charge is 0.250 e. The molecule has 94 valence electrons. The third kappa shape index (κ3) is 2.20. The minimum absolute atomic E-state index is 0.314. The number of carbonyl (C=O) groups is 1. The Kier molecular flexibility index (Phi) is 3.06. The maximum absolute atomic E-state index is 11.2. The number of nitrogens with zero attached hydrogens (tertiary/aromatic N) is 2. The number of aromatic nitrogens is 2. The molecule has 1 heterocycles. The lowest BCUT2D eigenvalue weighted by Gasteiger charge is -2.06. The van der Waals surface area contributed by atoms with E-state index in [4.69, 9.17) is 11.5 Å². The number of hydrogen-bond acceptors (Lipinski definition) is 3. The fourth-order valence-corrected chi connectivity index (χ4v) is 1.69. The van der Waals surface area contributed by atoms with E-state index in [1.54, 1.807) is 22.9 Å². The maximum Gasteiger partial charge on any atom is 0.250 e. The van der Waals surface area contributed by atoms with Crippen molar-refractivity contribution in [3.63, 3.8) is 0 Å². The molecule has 0 saturated heterocycles. The first-order chi connectivity index (χ1) is 8.49. The predicted molar refractivity (Wildman–Crippen MR) is 70.6 cm³/mol. The van der Waals surface area contributed by atoms with E-state index in [1.807, 2.05) is 12.3 Å². The van der Waals surface area contributed by atoms with Gasteiger partial charge in [0, 0.05) is 11.9 Å². The quantitative estimate of drug-likeness (QED) is 0.805. The molecular formula is C13H16N4O. The molecule has 0 aliphatic heterocycles. The predicted octanol–water partition coefficient (Wildman–Crippen LogP) is 1.68. The summed E-state index contributed by atoms with van der Waals surface area (Å²) in [6, 6.07) is 7.06. The van der Waals surface area contributed by atoms with Gasteiger partial charge in [0.2, 0.25) is 0 Å². The monoisotopic (exact) mass is 244 g/mol. The van der Waals surface area contributed by atoms with Crippen molar-refractivity contribution in [2.75, 3.05) is 5.73 Å². The highest BCUT2D eigenvalue weighted by atomic mass is 16.1. The summed E-state index contributed by atoms with van der Waals surface area (Å²) in [6.07, 6.45) is 1.85.